The summed E-state index contributed by atoms with van der Waals surface area (Å²) in [6.07, 6.45) is 3.90. The summed E-state index contributed by atoms with van der Waals surface area (Å²) in [5, 5.41) is 3.05. The lowest BCUT2D eigenvalue weighted by atomic mass is 10.0. The van der Waals surface area contributed by atoms with Crippen LogP contribution in [0.4, 0.5) is 11.5 Å². The maximum atomic E-state index is 12.8. The van der Waals surface area contributed by atoms with Gasteiger partial charge in [0.05, 0.1) is 5.56 Å². The highest BCUT2D eigenvalue weighted by Gasteiger charge is 2.23. The molecule has 0 aliphatic carbocycles. The maximum Gasteiger partial charge on any atom is 0.255 e. The van der Waals surface area contributed by atoms with Gasteiger partial charge in [0.2, 0.25) is 0 Å². The van der Waals surface area contributed by atoms with Crippen LogP contribution in [-0.2, 0) is 6.42 Å². The van der Waals surface area contributed by atoms with Gasteiger partial charge in [-0.05, 0) is 49.7 Å². The number of benzene rings is 1. The van der Waals surface area contributed by atoms with Gasteiger partial charge in [0, 0.05) is 31.5 Å². The molecule has 0 fully saturated rings. The number of fused-ring (bicyclic) bond motifs is 1. The van der Waals surface area contributed by atoms with Crippen molar-refractivity contribution in [3.05, 3.63) is 53.7 Å². The van der Waals surface area contributed by atoms with E-state index in [1.165, 1.54) is 5.56 Å². The second-order valence-corrected chi connectivity index (χ2v) is 6.54. The third-order valence-electron chi connectivity index (χ3n) is 5.01. The van der Waals surface area contributed by atoms with E-state index in [1.54, 1.807) is 6.20 Å². The van der Waals surface area contributed by atoms with Crippen LogP contribution in [0.1, 0.15) is 36.2 Å². The highest BCUT2D eigenvalue weighted by atomic mass is 16.1. The fraction of sp³-hybridized carbons (Fsp3) is 0.429. The van der Waals surface area contributed by atoms with Crippen molar-refractivity contribution in [2.45, 2.75) is 26.7 Å². The van der Waals surface area contributed by atoms with E-state index in [4.69, 9.17) is 0 Å². The Hall–Kier alpha value is -2.40. The molecule has 1 aromatic heterocycles. The lowest BCUT2D eigenvalue weighted by Gasteiger charge is -2.31. The number of amides is 1. The van der Waals surface area contributed by atoms with Crippen molar-refractivity contribution in [3.8, 4) is 0 Å². The molecular weight excluding hydrogens is 324 g/mol. The highest BCUT2D eigenvalue weighted by Crippen LogP contribution is 2.33. The number of aromatic nitrogens is 1. The molecule has 5 heteroatoms. The molecule has 0 spiro atoms. The fourth-order valence-electron chi connectivity index (χ4n) is 3.51. The summed E-state index contributed by atoms with van der Waals surface area (Å²) in [7, 11) is 0. The minimum Gasteiger partial charge on any atom is -0.351 e. The Morgan fingerprint density at radius 2 is 2.00 bits per heavy atom. The Morgan fingerprint density at radius 1 is 1.19 bits per heavy atom. The molecule has 2 heterocycles. The molecule has 5 nitrogen and oxygen atoms in total. The minimum atomic E-state index is -0.0525. The van der Waals surface area contributed by atoms with Crippen molar-refractivity contribution in [1.29, 1.82) is 0 Å². The summed E-state index contributed by atoms with van der Waals surface area (Å²) < 4.78 is 0. The number of nitrogens with zero attached hydrogens (tertiary/aromatic N) is 3. The number of para-hydroxylation sites is 1. The molecule has 138 valence electrons. The van der Waals surface area contributed by atoms with Crippen molar-refractivity contribution in [1.82, 2.24) is 15.2 Å². The summed E-state index contributed by atoms with van der Waals surface area (Å²) in [5.41, 5.74) is 3.12. The van der Waals surface area contributed by atoms with Gasteiger partial charge in [-0.3, -0.25) is 4.79 Å². The first-order chi connectivity index (χ1) is 12.7. The van der Waals surface area contributed by atoms with Gasteiger partial charge in [0.25, 0.3) is 5.91 Å². The van der Waals surface area contributed by atoms with Crippen LogP contribution in [0.3, 0.4) is 0 Å². The predicted octanol–water partition coefficient (Wildman–Crippen LogP) is 3.24. The summed E-state index contributed by atoms with van der Waals surface area (Å²) in [4.78, 5) is 21.8. The van der Waals surface area contributed by atoms with Gasteiger partial charge in [0.15, 0.2) is 0 Å². The molecule has 0 saturated carbocycles. The second kappa shape index (κ2) is 8.81. The fourth-order valence-corrected chi connectivity index (χ4v) is 3.51. The van der Waals surface area contributed by atoms with Gasteiger partial charge in [-0.2, -0.15) is 0 Å². The van der Waals surface area contributed by atoms with Crippen LogP contribution in [0.5, 0.6) is 0 Å². The van der Waals surface area contributed by atoms with Gasteiger partial charge in [0.1, 0.15) is 5.82 Å². The number of carbonyl (C=O) groups excluding carboxylic acids is 1. The van der Waals surface area contributed by atoms with Crippen molar-refractivity contribution < 1.29 is 4.79 Å². The first-order valence-electron chi connectivity index (χ1n) is 9.55. The number of rotatable bonds is 7. The Labute approximate surface area is 156 Å². The summed E-state index contributed by atoms with van der Waals surface area (Å²) >= 11 is 0. The molecule has 1 aliphatic rings. The van der Waals surface area contributed by atoms with E-state index < -0.39 is 0 Å². The van der Waals surface area contributed by atoms with Gasteiger partial charge in [-0.25, -0.2) is 4.98 Å². The maximum absolute atomic E-state index is 12.8. The Bertz CT molecular complexity index is 742. The van der Waals surface area contributed by atoms with Crippen molar-refractivity contribution in [2.24, 2.45) is 0 Å². The topological polar surface area (TPSA) is 48.5 Å². The molecule has 1 N–H and O–H groups in total. The molecular formula is C21H28N4O. The van der Waals surface area contributed by atoms with Crippen molar-refractivity contribution in [3.63, 3.8) is 0 Å². The van der Waals surface area contributed by atoms with E-state index >= 15 is 0 Å². The van der Waals surface area contributed by atoms with E-state index in [0.717, 1.165) is 50.5 Å². The van der Waals surface area contributed by atoms with Crippen molar-refractivity contribution in [2.75, 3.05) is 37.6 Å². The van der Waals surface area contributed by atoms with E-state index in [-0.39, 0.29) is 5.91 Å². The molecule has 1 amide bonds. The predicted molar refractivity (Wildman–Crippen MR) is 106 cm³/mol. The molecule has 0 bridgehead atoms. The molecule has 26 heavy (non-hydrogen) atoms. The van der Waals surface area contributed by atoms with Crippen LogP contribution in [0, 0.1) is 0 Å². The van der Waals surface area contributed by atoms with E-state index in [0.29, 0.717) is 12.1 Å². The number of likely N-dealkylation sites (N-methyl/N-ethyl adjacent to an activating group) is 1. The second-order valence-electron chi connectivity index (χ2n) is 6.54. The Kier molecular flexibility index (Phi) is 6.23. The number of aryl methyl sites for hydroxylation is 1. The van der Waals surface area contributed by atoms with Gasteiger partial charge in [-0.15, -0.1) is 0 Å². The van der Waals surface area contributed by atoms with Gasteiger partial charge >= 0.3 is 0 Å². The van der Waals surface area contributed by atoms with Crippen LogP contribution in [0.2, 0.25) is 0 Å². The van der Waals surface area contributed by atoms with Crippen LogP contribution < -0.4 is 10.2 Å². The van der Waals surface area contributed by atoms with Crippen LogP contribution in [-0.4, -0.2) is 48.5 Å². The number of hydrogen-bond donors (Lipinski definition) is 1. The SMILES string of the molecule is CCN(CC)CCNC(=O)c1cccnc1N1CCCc2ccccc21. The van der Waals surface area contributed by atoms with Gasteiger partial charge in [-0.1, -0.05) is 32.0 Å². The standard InChI is InChI=1S/C21H28N4O/c1-3-24(4-2)16-14-23-21(26)18-11-7-13-22-20(18)25-15-8-10-17-9-5-6-12-19(17)25/h5-7,9,11-13H,3-4,8,10,14-16H2,1-2H3,(H,23,26). The first kappa shape index (κ1) is 18.4. The number of hydrogen-bond acceptors (Lipinski definition) is 4. The molecule has 0 unspecified atom stereocenters. The molecule has 0 atom stereocenters. The zero-order chi connectivity index (χ0) is 18.4. The minimum absolute atomic E-state index is 0.0525. The Balaban J connectivity index is 1.78. The highest BCUT2D eigenvalue weighted by molar-refractivity contribution is 5.99. The third-order valence-corrected chi connectivity index (χ3v) is 5.01. The zero-order valence-electron chi connectivity index (χ0n) is 15.7. The summed E-state index contributed by atoms with van der Waals surface area (Å²) in [6.45, 7) is 8.65. The number of anilines is 2. The molecule has 1 aliphatic heterocycles. The lowest BCUT2D eigenvalue weighted by molar-refractivity contribution is 0.0949. The molecule has 3 rings (SSSR count). The van der Waals surface area contributed by atoms with Crippen LogP contribution in [0.15, 0.2) is 42.6 Å². The summed E-state index contributed by atoms with van der Waals surface area (Å²) in [5.74, 6) is 0.697. The number of carbonyl (C=O) groups is 1. The number of nitrogens with one attached hydrogen (secondary N) is 1. The Morgan fingerprint density at radius 3 is 2.81 bits per heavy atom. The molecule has 0 radical (unpaired) electrons. The first-order valence-corrected chi connectivity index (χ1v) is 9.55. The summed E-state index contributed by atoms with van der Waals surface area (Å²) in [6, 6.07) is 12.1. The normalized spacial score (nSPS) is 13.6. The monoisotopic (exact) mass is 352 g/mol. The van der Waals surface area contributed by atoms with Crippen LogP contribution in [0.25, 0.3) is 0 Å². The zero-order valence-corrected chi connectivity index (χ0v) is 15.7. The average Bonchev–Trinajstić information content (AvgIpc) is 2.70. The lowest BCUT2D eigenvalue weighted by Crippen LogP contribution is -2.36. The molecule has 0 saturated heterocycles. The van der Waals surface area contributed by atoms with E-state index in [9.17, 15) is 4.79 Å². The van der Waals surface area contributed by atoms with E-state index in [2.05, 4.69) is 52.1 Å². The van der Waals surface area contributed by atoms with Crippen molar-refractivity contribution >= 4 is 17.4 Å². The smallest absolute Gasteiger partial charge is 0.255 e. The van der Waals surface area contributed by atoms with Crippen LogP contribution >= 0.6 is 0 Å². The molecule has 1 aromatic carbocycles. The average molecular weight is 352 g/mol. The number of pyridine rings is 1. The largest absolute Gasteiger partial charge is 0.351 e. The molecule has 2 aromatic rings. The quantitative estimate of drug-likeness (QED) is 0.831. The third kappa shape index (κ3) is 4.05. The van der Waals surface area contributed by atoms with Gasteiger partial charge < -0.3 is 15.1 Å². The van der Waals surface area contributed by atoms with E-state index in [1.807, 2.05) is 18.2 Å².